The number of guanidine groups is 1. The average Bonchev–Trinajstić information content (AvgIpc) is 3.08. The predicted octanol–water partition coefficient (Wildman–Crippen LogP) is 4.04. The number of thiazole rings is 1. The summed E-state index contributed by atoms with van der Waals surface area (Å²) in [4.78, 5) is 8.96. The fraction of sp³-hybridized carbons (Fsp3) is 0.474. The Kier molecular flexibility index (Phi) is 6.85. The first-order valence-corrected chi connectivity index (χ1v) is 9.48. The number of methoxy groups -OCH3 is 1. The Morgan fingerprint density at radius 3 is 2.62 bits per heavy atom. The fourth-order valence-corrected chi connectivity index (χ4v) is 3.15. The Morgan fingerprint density at radius 1 is 1.27 bits per heavy atom. The molecule has 0 spiro atoms. The van der Waals surface area contributed by atoms with E-state index < -0.39 is 0 Å². The van der Waals surface area contributed by atoms with Crippen LogP contribution in [-0.2, 0) is 12.0 Å². The molecule has 2 rings (SSSR count). The van der Waals surface area contributed by atoms with Gasteiger partial charge in [-0.3, -0.25) is 4.99 Å². The van der Waals surface area contributed by atoms with Gasteiger partial charge in [0.1, 0.15) is 0 Å². The molecule has 1 aromatic carbocycles. The van der Waals surface area contributed by atoms with Crippen molar-refractivity contribution in [1.82, 2.24) is 10.3 Å². The first-order chi connectivity index (χ1) is 12.4. The number of hydrogen-bond donors (Lipinski definition) is 2. The first kappa shape index (κ1) is 20.0. The summed E-state index contributed by atoms with van der Waals surface area (Å²) >= 11 is 1.69. The summed E-state index contributed by atoms with van der Waals surface area (Å²) in [6, 6.07) is 5.70. The van der Waals surface area contributed by atoms with Gasteiger partial charge in [-0.25, -0.2) is 4.98 Å². The molecule has 0 unspecified atom stereocenters. The molecule has 1 aromatic heterocycles. The molecule has 0 aliphatic rings. The van der Waals surface area contributed by atoms with E-state index in [1.165, 1.54) is 0 Å². The zero-order valence-electron chi connectivity index (χ0n) is 16.3. The van der Waals surface area contributed by atoms with Crippen LogP contribution in [0, 0.1) is 0 Å². The third kappa shape index (κ3) is 5.36. The lowest BCUT2D eigenvalue weighted by Gasteiger charge is -2.15. The van der Waals surface area contributed by atoms with Crippen LogP contribution in [0.5, 0.6) is 11.5 Å². The molecule has 0 amide bonds. The van der Waals surface area contributed by atoms with Gasteiger partial charge in [0.15, 0.2) is 17.5 Å². The first-order valence-electron chi connectivity index (χ1n) is 8.60. The summed E-state index contributed by atoms with van der Waals surface area (Å²) in [6.45, 7) is 9.64. The Bertz CT molecular complexity index is 750. The SMILES string of the molecule is CCOc1cc(NC(=NC)NCc2csc(C(C)(C)C)n2)ccc1OC. The topological polar surface area (TPSA) is 67.8 Å². The molecule has 26 heavy (non-hydrogen) atoms. The average molecular weight is 377 g/mol. The normalized spacial score (nSPS) is 12.0. The third-order valence-electron chi connectivity index (χ3n) is 3.58. The number of nitrogens with zero attached hydrogens (tertiary/aromatic N) is 2. The molecule has 142 valence electrons. The lowest BCUT2D eigenvalue weighted by Crippen LogP contribution is -2.30. The molecule has 0 fully saturated rings. The molecule has 2 N–H and O–H groups in total. The molecule has 1 heterocycles. The van der Waals surface area contributed by atoms with Gasteiger partial charge in [-0.15, -0.1) is 11.3 Å². The maximum Gasteiger partial charge on any atom is 0.195 e. The summed E-state index contributed by atoms with van der Waals surface area (Å²) in [6.07, 6.45) is 0. The standard InChI is InChI=1S/C19H28N4O2S/c1-7-25-16-10-13(8-9-15(16)24-6)23-18(20-5)21-11-14-12-26-17(22-14)19(2,3)4/h8-10,12H,7,11H2,1-6H3,(H2,20,21,23). The van der Waals surface area contributed by atoms with Crippen LogP contribution in [0.1, 0.15) is 38.4 Å². The van der Waals surface area contributed by atoms with Gasteiger partial charge in [-0.1, -0.05) is 20.8 Å². The monoisotopic (exact) mass is 376 g/mol. The maximum atomic E-state index is 5.61. The molecule has 6 nitrogen and oxygen atoms in total. The van der Waals surface area contributed by atoms with Crippen molar-refractivity contribution in [3.8, 4) is 11.5 Å². The zero-order chi connectivity index (χ0) is 19.2. The minimum absolute atomic E-state index is 0.0710. The Labute approximate surface area is 159 Å². The second-order valence-corrected chi connectivity index (χ2v) is 7.60. The van der Waals surface area contributed by atoms with Crippen molar-refractivity contribution in [2.45, 2.75) is 39.7 Å². The summed E-state index contributed by atoms with van der Waals surface area (Å²) in [7, 11) is 3.37. The summed E-state index contributed by atoms with van der Waals surface area (Å²) in [5.74, 6) is 2.07. The second kappa shape index (κ2) is 8.89. The van der Waals surface area contributed by atoms with Gasteiger partial charge in [0.05, 0.1) is 31.0 Å². The van der Waals surface area contributed by atoms with E-state index in [9.17, 15) is 0 Å². The zero-order valence-corrected chi connectivity index (χ0v) is 17.2. The lowest BCUT2D eigenvalue weighted by atomic mass is 9.98. The van der Waals surface area contributed by atoms with E-state index in [-0.39, 0.29) is 5.41 Å². The molecular weight excluding hydrogens is 348 g/mol. The van der Waals surface area contributed by atoms with Crippen molar-refractivity contribution in [3.05, 3.63) is 34.3 Å². The predicted molar refractivity (Wildman–Crippen MR) is 109 cm³/mol. The Balaban J connectivity index is 2.01. The molecular formula is C19H28N4O2S. The highest BCUT2D eigenvalue weighted by atomic mass is 32.1. The summed E-state index contributed by atoms with van der Waals surface area (Å²) in [5, 5.41) is 9.77. The molecule has 0 atom stereocenters. The van der Waals surface area contributed by atoms with Gasteiger partial charge in [-0.2, -0.15) is 0 Å². The number of benzene rings is 1. The molecule has 0 radical (unpaired) electrons. The number of ether oxygens (including phenoxy) is 2. The van der Waals surface area contributed by atoms with E-state index in [4.69, 9.17) is 14.5 Å². The largest absolute Gasteiger partial charge is 0.493 e. The number of nitrogens with one attached hydrogen (secondary N) is 2. The highest BCUT2D eigenvalue weighted by Crippen LogP contribution is 2.30. The van der Waals surface area contributed by atoms with Gasteiger partial charge in [-0.05, 0) is 19.1 Å². The van der Waals surface area contributed by atoms with Crippen LogP contribution in [0.4, 0.5) is 5.69 Å². The molecule has 0 aliphatic heterocycles. The van der Waals surface area contributed by atoms with Crippen LogP contribution < -0.4 is 20.1 Å². The number of rotatable bonds is 6. The minimum atomic E-state index is 0.0710. The number of hydrogen-bond acceptors (Lipinski definition) is 5. The minimum Gasteiger partial charge on any atom is -0.493 e. The summed E-state index contributed by atoms with van der Waals surface area (Å²) in [5.41, 5.74) is 1.95. The van der Waals surface area contributed by atoms with Crippen molar-refractivity contribution >= 4 is 23.0 Å². The smallest absolute Gasteiger partial charge is 0.195 e. The van der Waals surface area contributed by atoms with Crippen LogP contribution in [0.3, 0.4) is 0 Å². The van der Waals surface area contributed by atoms with Crippen LogP contribution in [0.25, 0.3) is 0 Å². The van der Waals surface area contributed by atoms with Crippen molar-refractivity contribution in [2.24, 2.45) is 4.99 Å². The van der Waals surface area contributed by atoms with Crippen LogP contribution in [0.2, 0.25) is 0 Å². The number of anilines is 1. The summed E-state index contributed by atoms with van der Waals surface area (Å²) < 4.78 is 10.9. The lowest BCUT2D eigenvalue weighted by molar-refractivity contribution is 0.311. The van der Waals surface area contributed by atoms with Gasteiger partial charge >= 0.3 is 0 Å². The molecule has 0 aliphatic carbocycles. The molecule has 7 heteroatoms. The van der Waals surface area contributed by atoms with E-state index in [1.807, 2.05) is 25.1 Å². The quantitative estimate of drug-likeness (QED) is 0.588. The Hall–Kier alpha value is -2.28. The van der Waals surface area contributed by atoms with E-state index >= 15 is 0 Å². The van der Waals surface area contributed by atoms with E-state index in [2.05, 4.69) is 41.8 Å². The molecule has 0 bridgehead atoms. The van der Waals surface area contributed by atoms with Gasteiger partial charge in [0, 0.05) is 29.6 Å². The van der Waals surface area contributed by atoms with E-state index in [0.717, 1.165) is 16.4 Å². The van der Waals surface area contributed by atoms with Crippen molar-refractivity contribution in [2.75, 3.05) is 26.1 Å². The van der Waals surface area contributed by atoms with Crippen molar-refractivity contribution in [3.63, 3.8) is 0 Å². The number of aliphatic imine (C=N–C) groups is 1. The molecule has 0 saturated carbocycles. The highest BCUT2D eigenvalue weighted by molar-refractivity contribution is 7.09. The Morgan fingerprint density at radius 2 is 2.04 bits per heavy atom. The van der Waals surface area contributed by atoms with Crippen LogP contribution in [0.15, 0.2) is 28.6 Å². The van der Waals surface area contributed by atoms with Crippen molar-refractivity contribution in [1.29, 1.82) is 0 Å². The van der Waals surface area contributed by atoms with Crippen LogP contribution >= 0.6 is 11.3 Å². The highest BCUT2D eigenvalue weighted by Gasteiger charge is 2.18. The van der Waals surface area contributed by atoms with Gasteiger partial charge in [0.25, 0.3) is 0 Å². The fourth-order valence-electron chi connectivity index (χ4n) is 2.25. The van der Waals surface area contributed by atoms with Crippen molar-refractivity contribution < 1.29 is 9.47 Å². The van der Waals surface area contributed by atoms with E-state index in [1.54, 1.807) is 25.5 Å². The van der Waals surface area contributed by atoms with Crippen LogP contribution in [-0.4, -0.2) is 31.7 Å². The van der Waals surface area contributed by atoms with E-state index in [0.29, 0.717) is 30.6 Å². The molecule has 0 saturated heterocycles. The van der Waals surface area contributed by atoms with Gasteiger partial charge < -0.3 is 20.1 Å². The van der Waals surface area contributed by atoms with Gasteiger partial charge in [0.2, 0.25) is 0 Å². The molecule has 2 aromatic rings. The second-order valence-electron chi connectivity index (χ2n) is 6.74. The maximum absolute atomic E-state index is 5.61. The third-order valence-corrected chi connectivity index (χ3v) is 4.90. The number of aromatic nitrogens is 1.